The van der Waals surface area contributed by atoms with Gasteiger partial charge in [0.1, 0.15) is 5.01 Å². The third kappa shape index (κ3) is 5.74. The quantitative estimate of drug-likeness (QED) is 0.623. The van der Waals surface area contributed by atoms with Crippen molar-refractivity contribution in [3.63, 3.8) is 0 Å². The Morgan fingerprint density at radius 3 is 2.36 bits per heavy atom. The number of nitrogens with zero attached hydrogens (tertiary/aromatic N) is 2. The van der Waals surface area contributed by atoms with Crippen molar-refractivity contribution in [2.75, 3.05) is 13.6 Å². The molecule has 0 aliphatic rings. The van der Waals surface area contributed by atoms with Crippen molar-refractivity contribution in [1.29, 1.82) is 0 Å². The molecule has 0 aliphatic carbocycles. The van der Waals surface area contributed by atoms with Crippen molar-refractivity contribution in [2.24, 2.45) is 4.99 Å². The summed E-state index contributed by atoms with van der Waals surface area (Å²) in [5, 5.41) is 7.31. The van der Waals surface area contributed by atoms with E-state index in [2.05, 4.69) is 20.6 Å². The maximum absolute atomic E-state index is 12.5. The van der Waals surface area contributed by atoms with E-state index in [1.54, 1.807) is 18.4 Å². The van der Waals surface area contributed by atoms with Gasteiger partial charge in [0.2, 0.25) is 0 Å². The molecular weight excluding hydrogens is 349 g/mol. The third-order valence-electron chi connectivity index (χ3n) is 3.69. The fourth-order valence-electron chi connectivity index (χ4n) is 2.18. The molecule has 0 atom stereocenters. The van der Waals surface area contributed by atoms with Crippen LogP contribution in [0.1, 0.15) is 26.7 Å². The normalized spacial score (nSPS) is 12.3. The molecule has 136 valence electrons. The van der Waals surface area contributed by atoms with Crippen molar-refractivity contribution >= 4 is 17.3 Å². The highest BCUT2D eigenvalue weighted by Crippen LogP contribution is 2.29. The highest BCUT2D eigenvalue weighted by Gasteiger charge is 2.29. The highest BCUT2D eigenvalue weighted by atomic mass is 32.1. The summed E-state index contributed by atoms with van der Waals surface area (Å²) < 4.78 is 37.6. The summed E-state index contributed by atoms with van der Waals surface area (Å²) in [6.07, 6.45) is -3.69. The zero-order chi connectivity index (χ0) is 18.4. The van der Waals surface area contributed by atoms with E-state index in [1.165, 1.54) is 17.0 Å². The molecule has 0 aliphatic heterocycles. The van der Waals surface area contributed by atoms with E-state index in [1.807, 2.05) is 13.8 Å². The Labute approximate surface area is 149 Å². The lowest BCUT2D eigenvalue weighted by Gasteiger charge is -2.11. The SMILES string of the molecule is CN=C(NCCc1ccc(C(F)(F)F)cc1)NCc1nc(C)c(C)s1. The zero-order valence-corrected chi connectivity index (χ0v) is 15.2. The van der Waals surface area contributed by atoms with Gasteiger partial charge in [0.25, 0.3) is 0 Å². The van der Waals surface area contributed by atoms with Gasteiger partial charge in [0.05, 0.1) is 17.8 Å². The van der Waals surface area contributed by atoms with Gasteiger partial charge in [-0.05, 0) is 38.0 Å². The van der Waals surface area contributed by atoms with Crippen LogP contribution in [0, 0.1) is 13.8 Å². The monoisotopic (exact) mass is 370 g/mol. The summed E-state index contributed by atoms with van der Waals surface area (Å²) in [4.78, 5) is 9.78. The number of rotatable bonds is 5. The molecule has 1 aromatic heterocycles. The van der Waals surface area contributed by atoms with Gasteiger partial charge < -0.3 is 10.6 Å². The van der Waals surface area contributed by atoms with Crippen LogP contribution < -0.4 is 10.6 Å². The molecule has 1 heterocycles. The Bertz CT molecular complexity index is 701. The van der Waals surface area contributed by atoms with Crippen LogP contribution in [0.3, 0.4) is 0 Å². The number of guanidine groups is 1. The molecule has 0 saturated carbocycles. The average Bonchev–Trinajstić information content (AvgIpc) is 2.88. The first-order valence-corrected chi connectivity index (χ1v) is 8.65. The Kier molecular flexibility index (Phi) is 6.41. The van der Waals surface area contributed by atoms with Crippen LogP contribution in [0.2, 0.25) is 0 Å². The fourth-order valence-corrected chi connectivity index (χ4v) is 3.05. The van der Waals surface area contributed by atoms with E-state index < -0.39 is 11.7 Å². The molecule has 0 fully saturated rings. The molecule has 2 rings (SSSR count). The van der Waals surface area contributed by atoms with Crippen molar-refractivity contribution in [2.45, 2.75) is 33.0 Å². The number of nitrogens with one attached hydrogen (secondary N) is 2. The minimum atomic E-state index is -4.30. The number of aromatic nitrogens is 1. The van der Waals surface area contributed by atoms with Crippen molar-refractivity contribution in [3.8, 4) is 0 Å². The van der Waals surface area contributed by atoms with Crippen LogP contribution in [0.15, 0.2) is 29.3 Å². The van der Waals surface area contributed by atoms with Crippen molar-refractivity contribution in [1.82, 2.24) is 15.6 Å². The molecule has 1 aromatic carbocycles. The molecule has 0 saturated heterocycles. The number of alkyl halides is 3. The summed E-state index contributed by atoms with van der Waals surface area (Å²) in [5.74, 6) is 0.636. The van der Waals surface area contributed by atoms with Crippen molar-refractivity contribution < 1.29 is 13.2 Å². The van der Waals surface area contributed by atoms with E-state index in [0.29, 0.717) is 25.5 Å². The van der Waals surface area contributed by atoms with Crippen LogP contribution in [0.5, 0.6) is 0 Å². The van der Waals surface area contributed by atoms with Crippen molar-refractivity contribution in [3.05, 3.63) is 51.0 Å². The Morgan fingerprint density at radius 2 is 1.84 bits per heavy atom. The second-order valence-electron chi connectivity index (χ2n) is 5.55. The maximum Gasteiger partial charge on any atom is 0.416 e. The van der Waals surface area contributed by atoms with Gasteiger partial charge in [0, 0.05) is 18.5 Å². The molecule has 25 heavy (non-hydrogen) atoms. The first kappa shape index (κ1) is 19.2. The molecule has 4 nitrogen and oxygen atoms in total. The smallest absolute Gasteiger partial charge is 0.356 e. The summed E-state index contributed by atoms with van der Waals surface area (Å²) in [6, 6.07) is 5.22. The number of thiazole rings is 1. The highest BCUT2D eigenvalue weighted by molar-refractivity contribution is 7.11. The molecule has 0 amide bonds. The number of benzene rings is 1. The average molecular weight is 370 g/mol. The lowest BCUT2D eigenvalue weighted by atomic mass is 10.1. The van der Waals surface area contributed by atoms with Gasteiger partial charge >= 0.3 is 6.18 Å². The van der Waals surface area contributed by atoms with Gasteiger partial charge in [-0.15, -0.1) is 11.3 Å². The molecule has 2 N–H and O–H groups in total. The van der Waals surface area contributed by atoms with E-state index in [9.17, 15) is 13.2 Å². The number of halogens is 3. The minimum absolute atomic E-state index is 0.570. The Hall–Kier alpha value is -2.09. The fraction of sp³-hybridized carbons (Fsp3) is 0.412. The van der Waals surface area contributed by atoms with E-state index in [4.69, 9.17) is 0 Å². The van der Waals surface area contributed by atoms with Crippen LogP contribution in [0.4, 0.5) is 13.2 Å². The molecule has 0 radical (unpaired) electrons. The van der Waals surface area contributed by atoms with Gasteiger partial charge in [-0.25, -0.2) is 4.98 Å². The largest absolute Gasteiger partial charge is 0.416 e. The summed E-state index contributed by atoms with van der Waals surface area (Å²) >= 11 is 1.64. The molecule has 0 spiro atoms. The van der Waals surface area contributed by atoms with Crippen LogP contribution in [-0.2, 0) is 19.1 Å². The lowest BCUT2D eigenvalue weighted by molar-refractivity contribution is -0.137. The Morgan fingerprint density at radius 1 is 1.16 bits per heavy atom. The molecular formula is C17H21F3N4S. The number of hydrogen-bond donors (Lipinski definition) is 2. The van der Waals surface area contributed by atoms with E-state index in [-0.39, 0.29) is 0 Å². The molecule has 0 unspecified atom stereocenters. The van der Waals surface area contributed by atoms with E-state index >= 15 is 0 Å². The second kappa shape index (κ2) is 8.33. The molecule has 8 heteroatoms. The first-order valence-electron chi connectivity index (χ1n) is 7.83. The third-order valence-corrected chi connectivity index (χ3v) is 4.76. The number of aryl methyl sites for hydroxylation is 2. The predicted molar refractivity (Wildman–Crippen MR) is 94.9 cm³/mol. The van der Waals surface area contributed by atoms with E-state index in [0.717, 1.165) is 28.4 Å². The van der Waals surface area contributed by atoms with Crippen LogP contribution in [-0.4, -0.2) is 24.5 Å². The Balaban J connectivity index is 1.79. The maximum atomic E-state index is 12.5. The van der Waals surface area contributed by atoms with Gasteiger partial charge in [0.15, 0.2) is 5.96 Å². The first-order chi connectivity index (χ1) is 11.8. The molecule has 2 aromatic rings. The standard InChI is InChI=1S/C17H21F3N4S/c1-11-12(2)25-15(24-11)10-23-16(21-3)22-9-8-13-4-6-14(7-5-13)17(18,19)20/h4-7H,8-10H2,1-3H3,(H2,21,22,23). The topological polar surface area (TPSA) is 49.3 Å². The number of aliphatic imine (C=N–C) groups is 1. The van der Waals surface area contributed by atoms with Gasteiger partial charge in [-0.3, -0.25) is 4.99 Å². The van der Waals surface area contributed by atoms with Crippen LogP contribution >= 0.6 is 11.3 Å². The summed E-state index contributed by atoms with van der Waals surface area (Å²) in [5.41, 5.74) is 1.24. The second-order valence-corrected chi connectivity index (χ2v) is 6.83. The molecule has 0 bridgehead atoms. The van der Waals surface area contributed by atoms with Gasteiger partial charge in [-0.2, -0.15) is 13.2 Å². The van der Waals surface area contributed by atoms with Gasteiger partial charge in [-0.1, -0.05) is 12.1 Å². The number of hydrogen-bond acceptors (Lipinski definition) is 3. The zero-order valence-electron chi connectivity index (χ0n) is 14.4. The summed E-state index contributed by atoms with van der Waals surface area (Å²) in [6.45, 7) is 5.17. The summed E-state index contributed by atoms with van der Waals surface area (Å²) in [7, 11) is 1.67. The lowest BCUT2D eigenvalue weighted by Crippen LogP contribution is -2.37. The minimum Gasteiger partial charge on any atom is -0.356 e. The van der Waals surface area contributed by atoms with Crippen LogP contribution in [0.25, 0.3) is 0 Å². The predicted octanol–water partition coefficient (Wildman–Crippen LogP) is 3.69.